The molecule has 1 heterocycles. The van der Waals surface area contributed by atoms with Gasteiger partial charge >= 0.3 is 5.97 Å². The van der Waals surface area contributed by atoms with Crippen LogP contribution in [-0.4, -0.2) is 23.5 Å². The van der Waals surface area contributed by atoms with Gasteiger partial charge in [0, 0.05) is 12.5 Å². The molecule has 2 saturated carbocycles. The summed E-state index contributed by atoms with van der Waals surface area (Å²) < 4.78 is 5.59. The van der Waals surface area contributed by atoms with Crippen molar-refractivity contribution < 1.29 is 14.3 Å². The van der Waals surface area contributed by atoms with Gasteiger partial charge in [0.2, 0.25) is 0 Å². The van der Waals surface area contributed by atoms with Gasteiger partial charge in [-0.25, -0.2) is 4.79 Å². The summed E-state index contributed by atoms with van der Waals surface area (Å²) in [6, 6.07) is 7.54. The molecule has 4 rings (SSSR count). The zero-order chi connectivity index (χ0) is 18.0. The molecule has 2 bridgehead atoms. The standard InChI is InChI=1S/C21H27NO3/c1-19(2)14-9-10-20(19,3)16(11-14)22-18(24)21(4)12-13-7-5-6-8-15(13)17(23)25-21/h5-8,14,16H,9-12H2,1-4H3,(H,22,24). The number of carbonyl (C=O) groups is 2. The lowest BCUT2D eigenvalue weighted by molar-refractivity contribution is -0.141. The molecular weight excluding hydrogens is 314 g/mol. The molecule has 2 aliphatic carbocycles. The number of fused-ring (bicyclic) bond motifs is 3. The van der Waals surface area contributed by atoms with E-state index in [4.69, 9.17) is 4.74 Å². The van der Waals surface area contributed by atoms with E-state index in [0.29, 0.717) is 17.9 Å². The smallest absolute Gasteiger partial charge is 0.339 e. The molecule has 1 amide bonds. The Morgan fingerprint density at radius 1 is 1.20 bits per heavy atom. The summed E-state index contributed by atoms with van der Waals surface area (Å²) in [5.41, 5.74) is 0.673. The number of nitrogens with one attached hydrogen (secondary N) is 1. The van der Waals surface area contributed by atoms with Crippen LogP contribution in [0.15, 0.2) is 24.3 Å². The molecule has 1 N–H and O–H groups in total. The van der Waals surface area contributed by atoms with Crippen LogP contribution in [0.5, 0.6) is 0 Å². The maximum absolute atomic E-state index is 13.1. The average Bonchev–Trinajstić information content (AvgIpc) is 2.88. The molecule has 0 aromatic heterocycles. The zero-order valence-electron chi connectivity index (χ0n) is 15.5. The van der Waals surface area contributed by atoms with Crippen molar-refractivity contribution >= 4 is 11.9 Å². The van der Waals surface area contributed by atoms with Crippen LogP contribution >= 0.6 is 0 Å². The first-order valence-electron chi connectivity index (χ1n) is 9.30. The van der Waals surface area contributed by atoms with Crippen molar-refractivity contribution in [3.05, 3.63) is 35.4 Å². The Balaban J connectivity index is 1.56. The van der Waals surface area contributed by atoms with Crippen LogP contribution in [0.25, 0.3) is 0 Å². The van der Waals surface area contributed by atoms with Crippen LogP contribution in [0.3, 0.4) is 0 Å². The normalized spacial score (nSPS) is 38.2. The van der Waals surface area contributed by atoms with Gasteiger partial charge < -0.3 is 10.1 Å². The third kappa shape index (κ3) is 2.19. The number of benzene rings is 1. The third-order valence-corrected chi connectivity index (χ3v) is 7.66. The summed E-state index contributed by atoms with van der Waals surface area (Å²) in [5, 5.41) is 3.25. The molecule has 1 aromatic carbocycles. The van der Waals surface area contributed by atoms with E-state index in [2.05, 4.69) is 26.1 Å². The molecule has 1 aliphatic heterocycles. The number of hydrogen-bond donors (Lipinski definition) is 1. The van der Waals surface area contributed by atoms with Crippen LogP contribution < -0.4 is 5.32 Å². The molecule has 4 unspecified atom stereocenters. The van der Waals surface area contributed by atoms with E-state index in [0.717, 1.165) is 18.4 Å². The van der Waals surface area contributed by atoms with E-state index < -0.39 is 11.6 Å². The highest BCUT2D eigenvalue weighted by atomic mass is 16.6. The van der Waals surface area contributed by atoms with Gasteiger partial charge in [-0.05, 0) is 54.6 Å². The van der Waals surface area contributed by atoms with E-state index in [-0.39, 0.29) is 22.8 Å². The van der Waals surface area contributed by atoms with Crippen molar-refractivity contribution in [2.45, 2.75) is 65.0 Å². The van der Waals surface area contributed by atoms with Gasteiger partial charge in [-0.3, -0.25) is 4.79 Å². The highest BCUT2D eigenvalue weighted by Gasteiger charge is 2.62. The predicted octanol–water partition coefficient (Wildman–Crippen LogP) is 3.49. The Morgan fingerprint density at radius 2 is 1.92 bits per heavy atom. The lowest BCUT2D eigenvalue weighted by atomic mass is 9.69. The van der Waals surface area contributed by atoms with E-state index in [1.165, 1.54) is 6.42 Å². The van der Waals surface area contributed by atoms with Crippen molar-refractivity contribution in [3.63, 3.8) is 0 Å². The fourth-order valence-corrected chi connectivity index (χ4v) is 5.39. The molecule has 0 radical (unpaired) electrons. The topological polar surface area (TPSA) is 55.4 Å². The quantitative estimate of drug-likeness (QED) is 0.838. The number of carbonyl (C=O) groups excluding carboxylic acids is 2. The number of rotatable bonds is 2. The predicted molar refractivity (Wildman–Crippen MR) is 95.1 cm³/mol. The maximum Gasteiger partial charge on any atom is 0.339 e. The Hall–Kier alpha value is -1.84. The number of hydrogen-bond acceptors (Lipinski definition) is 3. The Morgan fingerprint density at radius 3 is 2.56 bits per heavy atom. The van der Waals surface area contributed by atoms with Crippen LogP contribution in [0.2, 0.25) is 0 Å². The molecule has 0 saturated heterocycles. The van der Waals surface area contributed by atoms with Crippen molar-refractivity contribution in [1.29, 1.82) is 0 Å². The first-order chi connectivity index (χ1) is 11.7. The van der Waals surface area contributed by atoms with Gasteiger partial charge in [-0.1, -0.05) is 39.0 Å². The van der Waals surface area contributed by atoms with Gasteiger partial charge in [-0.15, -0.1) is 0 Å². The monoisotopic (exact) mass is 341 g/mol. The van der Waals surface area contributed by atoms with Gasteiger partial charge in [0.05, 0.1) is 5.56 Å². The fraction of sp³-hybridized carbons (Fsp3) is 0.619. The van der Waals surface area contributed by atoms with Crippen LogP contribution in [-0.2, 0) is 16.0 Å². The minimum atomic E-state index is -1.13. The van der Waals surface area contributed by atoms with Crippen LogP contribution in [0.4, 0.5) is 0 Å². The van der Waals surface area contributed by atoms with Crippen LogP contribution in [0, 0.1) is 16.7 Å². The lowest BCUT2D eigenvalue weighted by Gasteiger charge is -2.41. The summed E-state index contributed by atoms with van der Waals surface area (Å²) in [5.74, 6) is 0.0918. The fourth-order valence-electron chi connectivity index (χ4n) is 5.39. The van der Waals surface area contributed by atoms with E-state index in [9.17, 15) is 9.59 Å². The van der Waals surface area contributed by atoms with Crippen molar-refractivity contribution in [3.8, 4) is 0 Å². The van der Waals surface area contributed by atoms with Gasteiger partial charge in [0.15, 0.2) is 5.60 Å². The molecule has 3 aliphatic rings. The second-order valence-corrected chi connectivity index (χ2v) is 9.09. The molecular formula is C21H27NO3. The van der Waals surface area contributed by atoms with Gasteiger partial charge in [0.25, 0.3) is 5.91 Å². The molecule has 4 atom stereocenters. The second-order valence-electron chi connectivity index (χ2n) is 9.09. The zero-order valence-corrected chi connectivity index (χ0v) is 15.5. The first kappa shape index (κ1) is 16.6. The molecule has 1 aromatic rings. The molecule has 4 heteroatoms. The number of cyclic esters (lactones) is 1. The third-order valence-electron chi connectivity index (χ3n) is 7.66. The summed E-state index contributed by atoms with van der Waals surface area (Å²) in [6.45, 7) is 8.69. The van der Waals surface area contributed by atoms with Gasteiger partial charge in [-0.2, -0.15) is 0 Å². The lowest BCUT2D eigenvalue weighted by Crippen LogP contribution is -2.57. The SMILES string of the molecule is CC1(C(=O)NC2CC3CCC2(C)C3(C)C)Cc2ccccc2C(=O)O1. The molecule has 2 fully saturated rings. The van der Waals surface area contributed by atoms with Crippen molar-refractivity contribution in [2.24, 2.45) is 16.7 Å². The van der Waals surface area contributed by atoms with Gasteiger partial charge in [0.1, 0.15) is 0 Å². The summed E-state index contributed by atoms with van der Waals surface area (Å²) >= 11 is 0. The van der Waals surface area contributed by atoms with Crippen LogP contribution in [0.1, 0.15) is 62.9 Å². The second kappa shape index (κ2) is 5.09. The highest BCUT2D eigenvalue weighted by Crippen LogP contribution is 2.65. The molecule has 0 spiro atoms. The minimum Gasteiger partial charge on any atom is -0.445 e. The van der Waals surface area contributed by atoms with Crippen molar-refractivity contribution in [2.75, 3.05) is 0 Å². The Bertz CT molecular complexity index is 755. The Kier molecular flexibility index (Phi) is 3.38. The molecule has 25 heavy (non-hydrogen) atoms. The average molecular weight is 341 g/mol. The number of esters is 1. The van der Waals surface area contributed by atoms with Crippen molar-refractivity contribution in [1.82, 2.24) is 5.32 Å². The van der Waals surface area contributed by atoms with E-state index in [1.54, 1.807) is 13.0 Å². The summed E-state index contributed by atoms with van der Waals surface area (Å²) in [6.07, 6.45) is 3.84. The minimum absolute atomic E-state index is 0.111. The number of ether oxygens (including phenoxy) is 1. The largest absolute Gasteiger partial charge is 0.445 e. The Labute approximate surface area is 149 Å². The molecule has 134 valence electrons. The summed E-state index contributed by atoms with van der Waals surface area (Å²) in [4.78, 5) is 25.4. The van der Waals surface area contributed by atoms with E-state index in [1.807, 2.05) is 18.2 Å². The maximum atomic E-state index is 13.1. The highest BCUT2D eigenvalue weighted by molar-refractivity contribution is 5.97. The molecule has 4 nitrogen and oxygen atoms in total. The van der Waals surface area contributed by atoms with E-state index >= 15 is 0 Å². The first-order valence-corrected chi connectivity index (χ1v) is 9.30. The number of amides is 1. The summed E-state index contributed by atoms with van der Waals surface area (Å²) in [7, 11) is 0.